The van der Waals surface area contributed by atoms with Crippen molar-refractivity contribution in [3.05, 3.63) is 0 Å². The lowest BCUT2D eigenvalue weighted by Gasteiger charge is -2.32. The molecule has 8 heteroatoms. The quantitative estimate of drug-likeness (QED) is 0.446. The van der Waals surface area contributed by atoms with Crippen LogP contribution in [-0.4, -0.2) is 65.9 Å². The normalized spacial score (nSPS) is 13.8. The van der Waals surface area contributed by atoms with Crippen molar-refractivity contribution in [2.75, 3.05) is 26.4 Å². The molecule has 1 N–H and O–H groups in total. The molecule has 2 atom stereocenters. The highest BCUT2D eigenvalue weighted by molar-refractivity contribution is 5.85. The summed E-state index contributed by atoms with van der Waals surface area (Å²) in [4.78, 5) is 37.0. The zero-order valence-corrected chi connectivity index (χ0v) is 15.7. The first-order valence-corrected chi connectivity index (χ1v) is 8.41. The van der Waals surface area contributed by atoms with Crippen LogP contribution in [0.15, 0.2) is 0 Å². The summed E-state index contributed by atoms with van der Waals surface area (Å²) in [5.41, 5.74) is -0.668. The molecular weight excluding hydrogens is 333 g/mol. The van der Waals surface area contributed by atoms with E-state index in [9.17, 15) is 23.9 Å². The van der Waals surface area contributed by atoms with Crippen molar-refractivity contribution in [1.82, 2.24) is 4.90 Å². The van der Waals surface area contributed by atoms with Crippen LogP contribution in [0.3, 0.4) is 0 Å². The number of carboxylic acids is 1. The van der Waals surface area contributed by atoms with E-state index in [0.717, 1.165) is 4.90 Å². The van der Waals surface area contributed by atoms with Crippen LogP contribution in [0.1, 0.15) is 47.5 Å². The molecule has 2 unspecified atom stereocenters. The van der Waals surface area contributed by atoms with Crippen molar-refractivity contribution in [3.8, 4) is 0 Å². The van der Waals surface area contributed by atoms with Gasteiger partial charge in [0, 0.05) is 6.54 Å². The van der Waals surface area contributed by atoms with Crippen molar-refractivity contribution in [3.63, 3.8) is 0 Å². The summed E-state index contributed by atoms with van der Waals surface area (Å²) in [6.45, 7) is 7.18. The molecule has 0 fully saturated rings. The van der Waals surface area contributed by atoms with Crippen LogP contribution in [0, 0.1) is 5.92 Å². The molecule has 146 valence electrons. The molecular formula is C17H30FNO6. The van der Waals surface area contributed by atoms with Gasteiger partial charge in [0.25, 0.3) is 0 Å². The molecule has 0 aliphatic rings. The molecule has 7 nitrogen and oxygen atoms in total. The lowest BCUT2D eigenvalue weighted by atomic mass is 9.97. The summed E-state index contributed by atoms with van der Waals surface area (Å²) in [5, 5.41) is 9.51. The van der Waals surface area contributed by atoms with Gasteiger partial charge < -0.3 is 19.5 Å². The van der Waals surface area contributed by atoms with Gasteiger partial charge in [-0.3, -0.25) is 9.59 Å². The second-order valence-corrected chi connectivity index (χ2v) is 6.83. The number of carbonyl (C=O) groups is 3. The Hall–Kier alpha value is -1.70. The maximum Gasteiger partial charge on any atom is 0.326 e. The van der Waals surface area contributed by atoms with Gasteiger partial charge in [-0.15, -0.1) is 0 Å². The fourth-order valence-corrected chi connectivity index (χ4v) is 2.23. The van der Waals surface area contributed by atoms with Gasteiger partial charge in [-0.25, -0.2) is 9.18 Å². The number of hydrogen-bond donors (Lipinski definition) is 1. The second kappa shape index (κ2) is 11.0. The first-order valence-electron chi connectivity index (χ1n) is 8.41. The summed E-state index contributed by atoms with van der Waals surface area (Å²) in [6.07, 6.45) is 0.408. The van der Waals surface area contributed by atoms with E-state index in [1.165, 1.54) is 0 Å². The van der Waals surface area contributed by atoms with Crippen molar-refractivity contribution in [1.29, 1.82) is 0 Å². The van der Waals surface area contributed by atoms with Gasteiger partial charge in [-0.1, -0.05) is 20.3 Å². The van der Waals surface area contributed by atoms with Gasteiger partial charge in [0.2, 0.25) is 5.91 Å². The molecule has 0 aromatic rings. The van der Waals surface area contributed by atoms with Crippen LogP contribution >= 0.6 is 0 Å². The zero-order chi connectivity index (χ0) is 19.6. The minimum atomic E-state index is -1.16. The van der Waals surface area contributed by atoms with Gasteiger partial charge in [0.1, 0.15) is 24.9 Å². The highest BCUT2D eigenvalue weighted by atomic mass is 19.1. The highest BCUT2D eigenvalue weighted by Gasteiger charge is 2.34. The molecule has 0 rings (SSSR count). The van der Waals surface area contributed by atoms with E-state index in [1.807, 2.05) is 6.92 Å². The summed E-state index contributed by atoms with van der Waals surface area (Å²) in [6, 6.07) is -1.09. The maximum absolute atomic E-state index is 12.3. The topological polar surface area (TPSA) is 93.1 Å². The van der Waals surface area contributed by atoms with Gasteiger partial charge in [-0.05, 0) is 26.7 Å². The molecule has 25 heavy (non-hydrogen) atoms. The monoisotopic (exact) mass is 363 g/mol. The van der Waals surface area contributed by atoms with Crippen LogP contribution in [0.5, 0.6) is 0 Å². The number of alkyl halides is 1. The van der Waals surface area contributed by atoms with Crippen molar-refractivity contribution < 1.29 is 33.4 Å². The molecule has 1 amide bonds. The number of hydrogen-bond acceptors (Lipinski definition) is 5. The van der Waals surface area contributed by atoms with Gasteiger partial charge in [0.15, 0.2) is 0 Å². The molecule has 0 aliphatic heterocycles. The first kappa shape index (κ1) is 23.3. The molecule has 0 aliphatic carbocycles. The van der Waals surface area contributed by atoms with Gasteiger partial charge in [0.05, 0.1) is 13.0 Å². The van der Waals surface area contributed by atoms with Gasteiger partial charge in [-0.2, -0.15) is 0 Å². The van der Waals surface area contributed by atoms with Crippen molar-refractivity contribution in [2.45, 2.75) is 59.1 Å². The minimum absolute atomic E-state index is 0.103. The number of carbonyl (C=O) groups excluding carboxylic acids is 2. The van der Waals surface area contributed by atoms with Gasteiger partial charge >= 0.3 is 11.9 Å². The van der Waals surface area contributed by atoms with E-state index in [2.05, 4.69) is 0 Å². The average molecular weight is 363 g/mol. The smallest absolute Gasteiger partial charge is 0.326 e. The van der Waals surface area contributed by atoms with Crippen LogP contribution in [0.4, 0.5) is 4.39 Å². The van der Waals surface area contributed by atoms with Crippen LogP contribution < -0.4 is 0 Å². The Morgan fingerprint density at radius 3 is 2.28 bits per heavy atom. The number of esters is 1. The van der Waals surface area contributed by atoms with Crippen LogP contribution in [0.25, 0.3) is 0 Å². The molecule has 0 radical (unpaired) electrons. The Balaban J connectivity index is 5.14. The maximum atomic E-state index is 12.3. The average Bonchev–Trinajstić information content (AvgIpc) is 2.48. The molecule has 0 spiro atoms. The van der Waals surface area contributed by atoms with Crippen LogP contribution in [-0.2, 0) is 23.9 Å². The Bertz CT molecular complexity index is 449. The van der Waals surface area contributed by atoms with E-state index in [1.54, 1.807) is 27.7 Å². The van der Waals surface area contributed by atoms with E-state index in [-0.39, 0.29) is 25.5 Å². The Kier molecular flexibility index (Phi) is 10.3. The molecule has 0 saturated heterocycles. The van der Waals surface area contributed by atoms with E-state index in [4.69, 9.17) is 9.47 Å². The Labute approximate surface area is 148 Å². The number of amides is 1. The fourth-order valence-electron chi connectivity index (χ4n) is 2.23. The fraction of sp³-hybridized carbons (Fsp3) is 0.824. The predicted molar refractivity (Wildman–Crippen MR) is 89.8 cm³/mol. The van der Waals surface area contributed by atoms with E-state index in [0.29, 0.717) is 6.42 Å². The number of nitrogens with zero attached hydrogens (tertiary/aromatic N) is 1. The molecule has 0 aromatic carbocycles. The molecule has 0 bridgehead atoms. The second-order valence-electron chi connectivity index (χ2n) is 6.83. The first-order chi connectivity index (χ1) is 11.5. The predicted octanol–water partition coefficient (Wildman–Crippen LogP) is 2.03. The Morgan fingerprint density at radius 2 is 1.84 bits per heavy atom. The molecule has 0 saturated carbocycles. The van der Waals surface area contributed by atoms with Crippen molar-refractivity contribution in [2.24, 2.45) is 5.92 Å². The summed E-state index contributed by atoms with van der Waals surface area (Å²) in [7, 11) is 0. The summed E-state index contributed by atoms with van der Waals surface area (Å²) >= 11 is 0. The SMILES string of the molecule is CCC(C)C(C(=O)O)N(CCC(=O)OC(C)(C)C)C(=O)COCCF. The highest BCUT2D eigenvalue weighted by Crippen LogP contribution is 2.17. The standard InChI is InChI=1S/C17H30FNO6/c1-6-12(2)15(16(22)23)19(13(20)11-24-10-8-18)9-7-14(21)25-17(3,4)5/h12,15H,6-11H2,1-5H3,(H,22,23). The number of rotatable bonds is 11. The third-order valence-corrected chi connectivity index (χ3v) is 3.52. The number of ether oxygens (including phenoxy) is 2. The minimum Gasteiger partial charge on any atom is -0.480 e. The lowest BCUT2D eigenvalue weighted by molar-refractivity contribution is -0.159. The third-order valence-electron chi connectivity index (χ3n) is 3.52. The third kappa shape index (κ3) is 9.38. The van der Waals surface area contributed by atoms with Crippen molar-refractivity contribution >= 4 is 17.8 Å². The number of halogens is 1. The van der Waals surface area contributed by atoms with Crippen LogP contribution in [0.2, 0.25) is 0 Å². The Morgan fingerprint density at radius 1 is 1.24 bits per heavy atom. The summed E-state index contributed by atoms with van der Waals surface area (Å²) < 4.78 is 22.2. The molecule has 0 heterocycles. The zero-order valence-electron chi connectivity index (χ0n) is 15.7. The largest absolute Gasteiger partial charge is 0.480 e. The number of aliphatic carboxylic acids is 1. The summed E-state index contributed by atoms with van der Waals surface area (Å²) in [5.74, 6) is -2.59. The van der Waals surface area contributed by atoms with E-state index < -0.39 is 42.8 Å². The molecule has 0 aromatic heterocycles. The lowest BCUT2D eigenvalue weighted by Crippen LogP contribution is -2.50. The number of carboxylic acid groups (broad SMARTS) is 1. The van der Waals surface area contributed by atoms with E-state index >= 15 is 0 Å².